The fraction of sp³-hybridized carbons (Fsp3) is 0.400. The first kappa shape index (κ1) is 24.7. The van der Waals surface area contributed by atoms with Gasteiger partial charge in [0.2, 0.25) is 11.9 Å². The second kappa shape index (κ2) is 8.25. The molecule has 3 aliphatic carbocycles. The predicted octanol–water partition coefficient (Wildman–Crippen LogP) is -1.09. The lowest BCUT2D eigenvalue weighted by atomic mass is 9.52. The van der Waals surface area contributed by atoms with Crippen molar-refractivity contribution in [1.82, 2.24) is 14.9 Å². The van der Waals surface area contributed by atoms with E-state index in [1.807, 2.05) is 0 Å². The van der Waals surface area contributed by atoms with Gasteiger partial charge in [-0.2, -0.15) is 0 Å². The van der Waals surface area contributed by atoms with E-state index < -0.39 is 64.4 Å². The van der Waals surface area contributed by atoms with Gasteiger partial charge in [-0.15, -0.1) is 0 Å². The maximum absolute atomic E-state index is 13.8. The van der Waals surface area contributed by atoms with Gasteiger partial charge in [0.25, 0.3) is 0 Å². The Morgan fingerprint density at radius 3 is 2.35 bits per heavy atom. The van der Waals surface area contributed by atoms with Crippen molar-refractivity contribution >= 4 is 35.0 Å². The number of ketones is 4. The molecule has 6 unspecified atom stereocenters. The SMILES string of the molecule is CN(C)C1C(=O)C(C(N)=O)C(=O)C2(O)C(=O)C3C(=O)c4c(O)ccc(-c5cnc(N)nc5)c4CC3CC12. The number of fused-ring (bicyclic) bond motifs is 3. The highest BCUT2D eigenvalue weighted by atomic mass is 16.3. The van der Waals surface area contributed by atoms with Crippen LogP contribution in [0, 0.1) is 23.7 Å². The summed E-state index contributed by atoms with van der Waals surface area (Å²) in [7, 11) is 3.07. The van der Waals surface area contributed by atoms with Crippen LogP contribution in [0.3, 0.4) is 0 Å². The number of phenols is 1. The number of hydrogen-bond acceptors (Lipinski definition) is 11. The Morgan fingerprint density at radius 2 is 1.76 bits per heavy atom. The van der Waals surface area contributed by atoms with Gasteiger partial charge < -0.3 is 21.7 Å². The number of nitrogens with two attached hydrogens (primary N) is 2. The lowest BCUT2D eigenvalue weighted by Gasteiger charge is -2.52. The summed E-state index contributed by atoms with van der Waals surface area (Å²) in [6.07, 6.45) is 3.05. The number of nitrogens with zero attached hydrogens (tertiary/aromatic N) is 3. The molecule has 37 heavy (non-hydrogen) atoms. The number of aromatic hydroxyl groups is 1. The van der Waals surface area contributed by atoms with Crippen LogP contribution in [0.25, 0.3) is 11.1 Å². The number of rotatable bonds is 3. The summed E-state index contributed by atoms with van der Waals surface area (Å²) >= 11 is 0. The van der Waals surface area contributed by atoms with Crippen molar-refractivity contribution < 1.29 is 34.2 Å². The number of phenolic OH excluding ortho intramolecular Hbond substituents is 1. The van der Waals surface area contributed by atoms with Gasteiger partial charge in [0.05, 0.1) is 17.5 Å². The largest absolute Gasteiger partial charge is 0.507 e. The molecular formula is C25H25N5O7. The van der Waals surface area contributed by atoms with Crippen molar-refractivity contribution in [1.29, 1.82) is 0 Å². The number of Topliss-reactive ketones (excluding diaryl/α,β-unsaturated/α-hetero) is 4. The number of amides is 1. The molecule has 5 rings (SSSR count). The first-order chi connectivity index (χ1) is 17.4. The van der Waals surface area contributed by atoms with Crippen molar-refractivity contribution in [3.05, 3.63) is 35.7 Å². The number of hydrogen-bond donors (Lipinski definition) is 4. The Labute approximate surface area is 210 Å². The van der Waals surface area contributed by atoms with E-state index in [0.717, 1.165) is 0 Å². The highest BCUT2D eigenvalue weighted by molar-refractivity contribution is 6.32. The normalized spacial score (nSPS) is 31.1. The van der Waals surface area contributed by atoms with E-state index >= 15 is 0 Å². The fourth-order valence-electron chi connectivity index (χ4n) is 6.35. The molecule has 0 radical (unpaired) electrons. The Bertz CT molecular complexity index is 1390. The van der Waals surface area contributed by atoms with Gasteiger partial charge in [-0.25, -0.2) is 9.97 Å². The molecule has 1 heterocycles. The van der Waals surface area contributed by atoms with Gasteiger partial charge in [0.15, 0.2) is 34.7 Å². The molecule has 3 aliphatic rings. The monoisotopic (exact) mass is 507 g/mol. The van der Waals surface area contributed by atoms with Crippen LogP contribution < -0.4 is 11.5 Å². The second-order valence-corrected chi connectivity index (χ2v) is 10.1. The van der Waals surface area contributed by atoms with Crippen LogP contribution in [0.4, 0.5) is 5.95 Å². The summed E-state index contributed by atoms with van der Waals surface area (Å²) in [5.74, 6) is -10.8. The average molecular weight is 508 g/mol. The average Bonchev–Trinajstić information content (AvgIpc) is 2.82. The minimum atomic E-state index is -2.76. The zero-order valence-corrected chi connectivity index (χ0v) is 20.0. The van der Waals surface area contributed by atoms with E-state index in [-0.39, 0.29) is 30.1 Å². The first-order valence-electron chi connectivity index (χ1n) is 11.7. The third-order valence-electron chi connectivity index (χ3n) is 7.93. The number of carbonyl (C=O) groups is 5. The molecule has 1 aromatic heterocycles. The number of aliphatic hydroxyl groups is 1. The summed E-state index contributed by atoms with van der Waals surface area (Å²) in [4.78, 5) is 75.4. The summed E-state index contributed by atoms with van der Waals surface area (Å²) < 4.78 is 0. The van der Waals surface area contributed by atoms with E-state index in [1.165, 1.54) is 37.5 Å². The Kier molecular flexibility index (Phi) is 5.50. The molecular weight excluding hydrogens is 482 g/mol. The van der Waals surface area contributed by atoms with E-state index in [2.05, 4.69) is 9.97 Å². The molecule has 0 spiro atoms. The van der Waals surface area contributed by atoms with Crippen molar-refractivity contribution in [3.63, 3.8) is 0 Å². The third-order valence-corrected chi connectivity index (χ3v) is 7.93. The van der Waals surface area contributed by atoms with Crippen LogP contribution in [0.2, 0.25) is 0 Å². The summed E-state index contributed by atoms with van der Waals surface area (Å²) in [5.41, 5.74) is 9.61. The van der Waals surface area contributed by atoms with Crippen LogP contribution in [0.15, 0.2) is 24.5 Å². The number of primary amides is 1. The third kappa shape index (κ3) is 3.32. The first-order valence-corrected chi connectivity index (χ1v) is 11.7. The molecule has 6 atom stereocenters. The van der Waals surface area contributed by atoms with Crippen LogP contribution in [-0.4, -0.2) is 79.9 Å². The molecule has 0 bridgehead atoms. The Morgan fingerprint density at radius 1 is 1.11 bits per heavy atom. The van der Waals surface area contributed by atoms with Gasteiger partial charge in [-0.1, -0.05) is 6.07 Å². The molecule has 2 fully saturated rings. The Balaban J connectivity index is 1.66. The molecule has 1 amide bonds. The summed E-state index contributed by atoms with van der Waals surface area (Å²) in [5, 5.41) is 22.2. The van der Waals surface area contributed by atoms with Crippen LogP contribution >= 0.6 is 0 Å². The molecule has 0 saturated heterocycles. The summed E-state index contributed by atoms with van der Waals surface area (Å²) in [6, 6.07) is 1.75. The minimum Gasteiger partial charge on any atom is -0.507 e. The maximum atomic E-state index is 13.8. The quantitative estimate of drug-likeness (QED) is 0.367. The van der Waals surface area contributed by atoms with Gasteiger partial charge in [0, 0.05) is 23.9 Å². The zero-order chi connectivity index (χ0) is 27.0. The van der Waals surface area contributed by atoms with Crippen LogP contribution in [0.1, 0.15) is 22.3 Å². The lowest BCUT2D eigenvalue weighted by molar-refractivity contribution is -0.181. The highest BCUT2D eigenvalue weighted by Crippen LogP contribution is 2.51. The lowest BCUT2D eigenvalue weighted by Crippen LogP contribution is -2.74. The fourth-order valence-corrected chi connectivity index (χ4v) is 6.35. The van der Waals surface area contributed by atoms with Crippen molar-refractivity contribution in [2.24, 2.45) is 29.4 Å². The topological polar surface area (TPSA) is 207 Å². The molecule has 2 aromatic rings. The number of anilines is 1. The van der Waals surface area contributed by atoms with Crippen LogP contribution in [0.5, 0.6) is 5.75 Å². The standard InChI is InChI=1S/C25H25N5O7/c1-30(2)18-13-6-9-5-12-11(10-7-28-24(27)29-8-10)3-4-14(31)16(12)19(32)15(9)21(34)25(13,37)22(35)17(20(18)33)23(26)36/h3-4,7-9,13,15,17-18,31,37H,5-6H2,1-2H3,(H2,26,36)(H2,27,28,29). The minimum absolute atomic E-state index is 0.0305. The molecule has 6 N–H and O–H groups in total. The molecule has 0 aliphatic heterocycles. The maximum Gasteiger partial charge on any atom is 0.235 e. The predicted molar refractivity (Wildman–Crippen MR) is 127 cm³/mol. The number of aromatic nitrogens is 2. The van der Waals surface area contributed by atoms with E-state index in [4.69, 9.17) is 11.5 Å². The van der Waals surface area contributed by atoms with Gasteiger partial charge >= 0.3 is 0 Å². The van der Waals surface area contributed by atoms with Gasteiger partial charge in [-0.3, -0.25) is 28.9 Å². The van der Waals surface area contributed by atoms with E-state index in [1.54, 1.807) is 6.07 Å². The zero-order valence-electron chi connectivity index (χ0n) is 20.0. The number of benzene rings is 1. The molecule has 2 saturated carbocycles. The van der Waals surface area contributed by atoms with Crippen molar-refractivity contribution in [2.75, 3.05) is 19.8 Å². The van der Waals surface area contributed by atoms with Crippen LogP contribution in [-0.2, 0) is 25.6 Å². The number of likely N-dealkylation sites (N-methyl/N-ethyl adjacent to an activating group) is 1. The van der Waals surface area contributed by atoms with Crippen molar-refractivity contribution in [2.45, 2.75) is 24.5 Å². The van der Waals surface area contributed by atoms with E-state index in [9.17, 15) is 34.2 Å². The Hall–Kier alpha value is -4.03. The smallest absolute Gasteiger partial charge is 0.235 e. The van der Waals surface area contributed by atoms with Gasteiger partial charge in [-0.05, 0) is 50.0 Å². The number of carbonyl (C=O) groups excluding carboxylic acids is 5. The van der Waals surface area contributed by atoms with Gasteiger partial charge in [0.1, 0.15) is 5.75 Å². The molecule has 192 valence electrons. The number of nitrogen functional groups attached to an aromatic ring is 1. The van der Waals surface area contributed by atoms with E-state index in [0.29, 0.717) is 16.7 Å². The molecule has 12 heteroatoms. The molecule has 12 nitrogen and oxygen atoms in total. The highest BCUT2D eigenvalue weighted by Gasteiger charge is 2.69. The molecule has 1 aromatic carbocycles. The van der Waals surface area contributed by atoms with Crippen molar-refractivity contribution in [3.8, 4) is 16.9 Å². The second-order valence-electron chi connectivity index (χ2n) is 10.1. The summed E-state index contributed by atoms with van der Waals surface area (Å²) in [6.45, 7) is 0.